The van der Waals surface area contributed by atoms with Gasteiger partial charge in [0.2, 0.25) is 5.88 Å². The van der Waals surface area contributed by atoms with Crippen molar-refractivity contribution in [1.82, 2.24) is 0 Å². The normalized spacial score (nSPS) is 15.5. The highest BCUT2D eigenvalue weighted by molar-refractivity contribution is 7.12. The highest BCUT2D eigenvalue weighted by atomic mass is 32.1. The second kappa shape index (κ2) is 7.09. The Hall–Kier alpha value is -3.38. The summed E-state index contributed by atoms with van der Waals surface area (Å²) in [6, 6.07) is 8.00. The van der Waals surface area contributed by atoms with E-state index in [1.807, 2.05) is 6.07 Å². The molecule has 27 heavy (non-hydrogen) atoms. The molecule has 1 aromatic heterocycles. The van der Waals surface area contributed by atoms with Gasteiger partial charge in [-0.1, -0.05) is 12.1 Å². The minimum absolute atomic E-state index is 0.102. The standard InChI is InChI=1S/C18H15N3O5S/c1-3-25-18(22)13-9(2)27-16-14(12(8-19)17(20)26-15(13)16)10-5-4-6-11(7-10)21(23)24/h4-7,14H,3,20H2,1-2H3. The average Bonchev–Trinajstić information content (AvgIpc) is 2.96. The number of hydrogen-bond acceptors (Lipinski definition) is 8. The van der Waals surface area contributed by atoms with Crippen LogP contribution in [0.3, 0.4) is 0 Å². The topological polar surface area (TPSA) is 128 Å². The third-order valence-corrected chi connectivity index (χ3v) is 5.26. The fourth-order valence-electron chi connectivity index (χ4n) is 2.97. The van der Waals surface area contributed by atoms with Crippen LogP contribution in [0, 0.1) is 28.4 Å². The molecule has 0 spiro atoms. The number of hydrogen-bond donors (Lipinski definition) is 1. The molecule has 0 fully saturated rings. The van der Waals surface area contributed by atoms with Crippen LogP contribution in [-0.2, 0) is 4.74 Å². The van der Waals surface area contributed by atoms with Crippen molar-refractivity contribution < 1.29 is 19.2 Å². The predicted molar refractivity (Wildman–Crippen MR) is 97.4 cm³/mol. The molecule has 0 saturated carbocycles. The zero-order valence-corrected chi connectivity index (χ0v) is 15.3. The minimum Gasteiger partial charge on any atom is -0.462 e. The van der Waals surface area contributed by atoms with Gasteiger partial charge in [0.15, 0.2) is 5.75 Å². The van der Waals surface area contributed by atoms with Crippen LogP contribution >= 0.6 is 11.3 Å². The van der Waals surface area contributed by atoms with E-state index in [9.17, 15) is 20.2 Å². The summed E-state index contributed by atoms with van der Waals surface area (Å²) in [5.41, 5.74) is 6.75. The number of nitro groups is 1. The van der Waals surface area contributed by atoms with Gasteiger partial charge in [-0.25, -0.2) is 4.79 Å². The largest absolute Gasteiger partial charge is 0.462 e. The van der Waals surface area contributed by atoms with E-state index in [0.29, 0.717) is 15.3 Å². The molecule has 1 aromatic carbocycles. The third kappa shape index (κ3) is 3.11. The molecule has 0 aliphatic carbocycles. The molecular formula is C18H15N3O5S. The first-order valence-electron chi connectivity index (χ1n) is 8.01. The number of carbonyl (C=O) groups excluding carboxylic acids is 1. The van der Waals surface area contributed by atoms with Gasteiger partial charge >= 0.3 is 5.97 Å². The maximum atomic E-state index is 12.3. The molecule has 2 heterocycles. The maximum Gasteiger partial charge on any atom is 0.343 e. The summed E-state index contributed by atoms with van der Waals surface area (Å²) in [6.45, 7) is 3.64. The number of non-ortho nitro benzene ring substituents is 1. The highest BCUT2D eigenvalue weighted by Crippen LogP contribution is 2.49. The van der Waals surface area contributed by atoms with E-state index in [0.717, 1.165) is 0 Å². The minimum atomic E-state index is -0.662. The molecular weight excluding hydrogens is 370 g/mol. The summed E-state index contributed by atoms with van der Waals surface area (Å²) >= 11 is 1.27. The van der Waals surface area contributed by atoms with Crippen molar-refractivity contribution in [3.8, 4) is 11.8 Å². The lowest BCUT2D eigenvalue weighted by Crippen LogP contribution is -2.21. The number of fused-ring (bicyclic) bond motifs is 1. The number of ether oxygens (including phenoxy) is 2. The lowest BCUT2D eigenvalue weighted by molar-refractivity contribution is -0.384. The van der Waals surface area contributed by atoms with Gasteiger partial charge in [-0.2, -0.15) is 5.26 Å². The summed E-state index contributed by atoms with van der Waals surface area (Å²) in [5, 5.41) is 20.7. The van der Waals surface area contributed by atoms with Gasteiger partial charge in [0, 0.05) is 17.0 Å². The molecule has 1 aliphatic rings. The Morgan fingerprint density at radius 1 is 1.52 bits per heavy atom. The molecule has 8 nitrogen and oxygen atoms in total. The fourth-order valence-corrected chi connectivity index (χ4v) is 4.19. The Labute approximate surface area is 158 Å². The van der Waals surface area contributed by atoms with Gasteiger partial charge in [-0.3, -0.25) is 10.1 Å². The number of nitrogens with two attached hydrogens (primary N) is 1. The van der Waals surface area contributed by atoms with Crippen molar-refractivity contribution in [2.45, 2.75) is 19.8 Å². The summed E-state index contributed by atoms with van der Waals surface area (Å²) in [6.07, 6.45) is 0. The van der Waals surface area contributed by atoms with Gasteiger partial charge in [-0.15, -0.1) is 11.3 Å². The first-order chi connectivity index (χ1) is 12.9. The molecule has 2 aromatic rings. The Morgan fingerprint density at radius 3 is 2.89 bits per heavy atom. The van der Waals surface area contributed by atoms with Crippen molar-refractivity contribution in [3.05, 3.63) is 66.7 Å². The third-order valence-electron chi connectivity index (χ3n) is 4.11. The molecule has 138 valence electrons. The van der Waals surface area contributed by atoms with E-state index in [2.05, 4.69) is 0 Å². The Morgan fingerprint density at radius 2 is 2.26 bits per heavy atom. The van der Waals surface area contributed by atoms with Crippen molar-refractivity contribution in [2.75, 3.05) is 6.61 Å². The van der Waals surface area contributed by atoms with Crippen LogP contribution in [0.15, 0.2) is 35.7 Å². The summed E-state index contributed by atoms with van der Waals surface area (Å²) in [4.78, 5) is 24.2. The van der Waals surface area contributed by atoms with Crippen molar-refractivity contribution in [1.29, 1.82) is 5.26 Å². The predicted octanol–water partition coefficient (Wildman–Crippen LogP) is 3.36. The number of nitro benzene ring substituents is 1. The number of aryl methyl sites for hydroxylation is 1. The molecule has 0 radical (unpaired) electrons. The van der Waals surface area contributed by atoms with Crippen molar-refractivity contribution in [3.63, 3.8) is 0 Å². The van der Waals surface area contributed by atoms with Crippen LogP contribution in [-0.4, -0.2) is 17.5 Å². The monoisotopic (exact) mass is 385 g/mol. The summed E-state index contributed by atoms with van der Waals surface area (Å²) in [7, 11) is 0. The molecule has 0 saturated heterocycles. The molecule has 0 amide bonds. The summed E-state index contributed by atoms with van der Waals surface area (Å²) < 4.78 is 10.7. The number of nitriles is 1. The van der Waals surface area contributed by atoms with Gasteiger partial charge < -0.3 is 15.2 Å². The van der Waals surface area contributed by atoms with Crippen LogP contribution in [0.1, 0.15) is 38.5 Å². The lowest BCUT2D eigenvalue weighted by atomic mass is 9.88. The second-order valence-electron chi connectivity index (χ2n) is 5.72. The molecule has 9 heteroatoms. The Bertz CT molecular complexity index is 1020. The van der Waals surface area contributed by atoms with Gasteiger partial charge in [-0.05, 0) is 19.4 Å². The van der Waals surface area contributed by atoms with E-state index in [4.69, 9.17) is 15.2 Å². The molecule has 1 unspecified atom stereocenters. The molecule has 2 N–H and O–H groups in total. The van der Waals surface area contributed by atoms with Crippen LogP contribution in [0.4, 0.5) is 5.69 Å². The number of esters is 1. The van der Waals surface area contributed by atoms with Crippen LogP contribution in [0.5, 0.6) is 5.75 Å². The average molecular weight is 385 g/mol. The van der Waals surface area contributed by atoms with E-state index >= 15 is 0 Å². The van der Waals surface area contributed by atoms with Crippen LogP contribution in [0.25, 0.3) is 0 Å². The summed E-state index contributed by atoms with van der Waals surface area (Å²) in [5.74, 6) is -1.10. The van der Waals surface area contributed by atoms with Crippen LogP contribution in [0.2, 0.25) is 0 Å². The smallest absolute Gasteiger partial charge is 0.343 e. The Kier molecular flexibility index (Phi) is 4.83. The van der Waals surface area contributed by atoms with Gasteiger partial charge in [0.05, 0.1) is 22.3 Å². The van der Waals surface area contributed by atoms with Crippen LogP contribution < -0.4 is 10.5 Å². The zero-order valence-electron chi connectivity index (χ0n) is 14.5. The molecule has 1 atom stereocenters. The number of thiophene rings is 1. The van der Waals surface area contributed by atoms with Crippen molar-refractivity contribution in [2.24, 2.45) is 5.73 Å². The number of carbonyl (C=O) groups is 1. The number of rotatable bonds is 4. The van der Waals surface area contributed by atoms with E-state index in [1.165, 1.54) is 23.5 Å². The van der Waals surface area contributed by atoms with E-state index in [1.54, 1.807) is 26.0 Å². The maximum absolute atomic E-state index is 12.3. The van der Waals surface area contributed by atoms with E-state index in [-0.39, 0.29) is 35.1 Å². The molecule has 1 aliphatic heterocycles. The molecule has 3 rings (SSSR count). The van der Waals surface area contributed by atoms with Gasteiger partial charge in [0.25, 0.3) is 5.69 Å². The first-order valence-corrected chi connectivity index (χ1v) is 8.83. The number of benzene rings is 1. The quantitative estimate of drug-likeness (QED) is 0.485. The number of allylic oxidation sites excluding steroid dienone is 1. The lowest BCUT2D eigenvalue weighted by Gasteiger charge is -2.24. The molecule has 0 bridgehead atoms. The fraction of sp³-hybridized carbons (Fsp3) is 0.222. The zero-order chi connectivity index (χ0) is 19.7. The highest BCUT2D eigenvalue weighted by Gasteiger charge is 2.37. The van der Waals surface area contributed by atoms with Gasteiger partial charge in [0.1, 0.15) is 17.2 Å². The number of nitrogens with zero attached hydrogens (tertiary/aromatic N) is 2. The first kappa shape index (κ1) is 18.4. The van der Waals surface area contributed by atoms with Crippen molar-refractivity contribution >= 4 is 23.0 Å². The van der Waals surface area contributed by atoms with E-state index < -0.39 is 16.8 Å². The second-order valence-corrected chi connectivity index (χ2v) is 6.98. The Balaban J connectivity index is 2.22. The SMILES string of the molecule is CCOC(=O)c1c(C)sc2c1OC(N)=C(C#N)C2c1cccc([N+](=O)[O-])c1.